The topological polar surface area (TPSA) is 69.6 Å². The highest BCUT2D eigenvalue weighted by molar-refractivity contribution is 5.96. The molecule has 0 saturated carbocycles. The number of halogens is 1. The maximum atomic E-state index is 13.1. The van der Waals surface area contributed by atoms with Crippen LogP contribution in [-0.4, -0.2) is 47.6 Å². The molecule has 96 valence electrons. The van der Waals surface area contributed by atoms with Crippen molar-refractivity contribution < 1.29 is 19.1 Å². The molecule has 1 amide bonds. The molecular weight excluding hydrogens is 239 g/mol. The number of carbonyl (C=O) groups is 2. The molecular formula is C12H13FN2O3. The number of benzene rings is 1. The molecule has 0 radical (unpaired) electrons. The van der Waals surface area contributed by atoms with Crippen molar-refractivity contribution in [2.24, 2.45) is 0 Å². The van der Waals surface area contributed by atoms with Gasteiger partial charge in [-0.2, -0.15) is 0 Å². The predicted molar refractivity (Wildman–Crippen MR) is 61.7 cm³/mol. The lowest BCUT2D eigenvalue weighted by atomic mass is 10.1. The third-order valence-corrected chi connectivity index (χ3v) is 2.86. The molecule has 1 atom stereocenters. The fourth-order valence-electron chi connectivity index (χ4n) is 1.96. The van der Waals surface area contributed by atoms with E-state index in [9.17, 15) is 14.0 Å². The Bertz CT molecular complexity index is 478. The van der Waals surface area contributed by atoms with E-state index >= 15 is 0 Å². The van der Waals surface area contributed by atoms with Crippen LogP contribution in [-0.2, 0) is 4.79 Å². The Morgan fingerprint density at radius 2 is 2.22 bits per heavy atom. The van der Waals surface area contributed by atoms with Gasteiger partial charge in [0.05, 0.1) is 0 Å². The van der Waals surface area contributed by atoms with Crippen LogP contribution in [0.15, 0.2) is 24.3 Å². The minimum atomic E-state index is -1.06. The maximum Gasteiger partial charge on any atom is 0.327 e. The lowest BCUT2D eigenvalue weighted by Gasteiger charge is -2.33. The first-order valence-corrected chi connectivity index (χ1v) is 5.59. The van der Waals surface area contributed by atoms with Crippen LogP contribution in [0.2, 0.25) is 0 Å². The number of hydrogen-bond donors (Lipinski definition) is 2. The summed E-state index contributed by atoms with van der Waals surface area (Å²) in [5.41, 5.74) is 0.170. The molecule has 1 fully saturated rings. The summed E-state index contributed by atoms with van der Waals surface area (Å²) in [6, 6.07) is 4.36. The van der Waals surface area contributed by atoms with Gasteiger partial charge in [-0.1, -0.05) is 6.07 Å². The van der Waals surface area contributed by atoms with E-state index in [-0.39, 0.29) is 12.1 Å². The first-order chi connectivity index (χ1) is 8.59. The molecule has 1 unspecified atom stereocenters. The molecule has 0 spiro atoms. The van der Waals surface area contributed by atoms with Crippen LogP contribution >= 0.6 is 0 Å². The average Bonchev–Trinajstić information content (AvgIpc) is 2.38. The summed E-state index contributed by atoms with van der Waals surface area (Å²) in [4.78, 5) is 24.5. The second-order valence-electron chi connectivity index (χ2n) is 4.07. The van der Waals surface area contributed by atoms with Gasteiger partial charge in [0.15, 0.2) is 0 Å². The SMILES string of the molecule is O=C(O)C1CNCCN1C(=O)c1cccc(F)c1. The van der Waals surface area contributed by atoms with Crippen molar-refractivity contribution in [2.75, 3.05) is 19.6 Å². The summed E-state index contributed by atoms with van der Waals surface area (Å²) in [5.74, 6) is -2.03. The fraction of sp³-hybridized carbons (Fsp3) is 0.333. The van der Waals surface area contributed by atoms with Crippen LogP contribution in [0, 0.1) is 5.82 Å². The minimum absolute atomic E-state index is 0.170. The van der Waals surface area contributed by atoms with E-state index in [1.54, 1.807) is 0 Å². The van der Waals surface area contributed by atoms with Crippen LogP contribution in [0.25, 0.3) is 0 Å². The number of piperazine rings is 1. The zero-order valence-corrected chi connectivity index (χ0v) is 9.60. The zero-order chi connectivity index (χ0) is 13.1. The van der Waals surface area contributed by atoms with Gasteiger partial charge in [0, 0.05) is 25.2 Å². The van der Waals surface area contributed by atoms with Crippen LogP contribution in [0.4, 0.5) is 4.39 Å². The number of aliphatic carboxylic acids is 1. The van der Waals surface area contributed by atoms with Crippen LogP contribution in [0.3, 0.4) is 0 Å². The molecule has 0 aromatic heterocycles. The van der Waals surface area contributed by atoms with Gasteiger partial charge in [0.25, 0.3) is 5.91 Å². The molecule has 2 N–H and O–H groups in total. The molecule has 1 heterocycles. The third-order valence-electron chi connectivity index (χ3n) is 2.86. The second kappa shape index (κ2) is 5.14. The Morgan fingerprint density at radius 3 is 2.89 bits per heavy atom. The van der Waals surface area contributed by atoms with E-state index in [1.807, 2.05) is 0 Å². The molecule has 1 aromatic rings. The number of carbonyl (C=O) groups excluding carboxylic acids is 1. The molecule has 1 aliphatic rings. The third kappa shape index (κ3) is 2.48. The average molecular weight is 252 g/mol. The van der Waals surface area contributed by atoms with E-state index in [2.05, 4.69) is 5.32 Å². The Labute approximate surface area is 103 Å². The molecule has 18 heavy (non-hydrogen) atoms. The van der Waals surface area contributed by atoms with Crippen molar-refractivity contribution >= 4 is 11.9 Å². The van der Waals surface area contributed by atoms with E-state index in [0.29, 0.717) is 13.1 Å². The summed E-state index contributed by atoms with van der Waals surface area (Å²) in [5, 5.41) is 12.0. The summed E-state index contributed by atoms with van der Waals surface area (Å²) in [6.45, 7) is 1.04. The highest BCUT2D eigenvalue weighted by Gasteiger charge is 2.32. The van der Waals surface area contributed by atoms with Crippen molar-refractivity contribution in [2.45, 2.75) is 6.04 Å². The van der Waals surface area contributed by atoms with Gasteiger partial charge in [0.2, 0.25) is 0 Å². The number of nitrogens with one attached hydrogen (secondary N) is 1. The van der Waals surface area contributed by atoms with Crippen molar-refractivity contribution in [3.63, 3.8) is 0 Å². The monoisotopic (exact) mass is 252 g/mol. The Hall–Kier alpha value is -1.95. The van der Waals surface area contributed by atoms with Crippen molar-refractivity contribution in [3.05, 3.63) is 35.6 Å². The Morgan fingerprint density at radius 1 is 1.44 bits per heavy atom. The van der Waals surface area contributed by atoms with Crippen molar-refractivity contribution in [3.8, 4) is 0 Å². The zero-order valence-electron chi connectivity index (χ0n) is 9.60. The van der Waals surface area contributed by atoms with E-state index in [1.165, 1.54) is 23.1 Å². The summed E-state index contributed by atoms with van der Waals surface area (Å²) in [6.07, 6.45) is 0. The first kappa shape index (κ1) is 12.5. The quantitative estimate of drug-likeness (QED) is 0.795. The molecule has 0 bridgehead atoms. The largest absolute Gasteiger partial charge is 0.480 e. The van der Waals surface area contributed by atoms with Gasteiger partial charge in [-0.3, -0.25) is 4.79 Å². The first-order valence-electron chi connectivity index (χ1n) is 5.59. The van der Waals surface area contributed by atoms with Gasteiger partial charge in [-0.05, 0) is 18.2 Å². The van der Waals surface area contributed by atoms with Crippen LogP contribution in [0.1, 0.15) is 10.4 Å². The molecule has 6 heteroatoms. The highest BCUT2D eigenvalue weighted by atomic mass is 19.1. The second-order valence-corrected chi connectivity index (χ2v) is 4.07. The minimum Gasteiger partial charge on any atom is -0.480 e. The number of amides is 1. The van der Waals surface area contributed by atoms with Crippen molar-refractivity contribution in [1.82, 2.24) is 10.2 Å². The smallest absolute Gasteiger partial charge is 0.327 e. The van der Waals surface area contributed by atoms with Crippen LogP contribution < -0.4 is 5.32 Å². The molecule has 2 rings (SSSR count). The number of carboxylic acid groups (broad SMARTS) is 1. The van der Waals surface area contributed by atoms with Gasteiger partial charge in [-0.15, -0.1) is 0 Å². The Balaban J connectivity index is 2.23. The van der Waals surface area contributed by atoms with Gasteiger partial charge < -0.3 is 15.3 Å². The van der Waals surface area contributed by atoms with Gasteiger partial charge in [-0.25, -0.2) is 9.18 Å². The molecule has 1 aromatic carbocycles. The highest BCUT2D eigenvalue weighted by Crippen LogP contribution is 2.12. The van der Waals surface area contributed by atoms with E-state index < -0.39 is 23.7 Å². The molecule has 1 saturated heterocycles. The van der Waals surface area contributed by atoms with Crippen LogP contribution in [0.5, 0.6) is 0 Å². The predicted octanol–water partition coefficient (Wildman–Crippen LogP) is 0.324. The standard InChI is InChI=1S/C12H13FN2O3/c13-9-3-1-2-8(6-9)11(16)15-5-4-14-7-10(15)12(17)18/h1-3,6,10,14H,4-5,7H2,(H,17,18). The number of hydrogen-bond acceptors (Lipinski definition) is 3. The molecule has 0 aliphatic carbocycles. The lowest BCUT2D eigenvalue weighted by molar-refractivity contribution is -0.142. The van der Waals surface area contributed by atoms with Gasteiger partial charge >= 0.3 is 5.97 Å². The number of carboxylic acids is 1. The number of nitrogens with zero attached hydrogens (tertiary/aromatic N) is 1. The normalized spacial score (nSPS) is 19.6. The van der Waals surface area contributed by atoms with E-state index in [0.717, 1.165) is 6.07 Å². The fourth-order valence-corrected chi connectivity index (χ4v) is 1.96. The molecule has 5 nitrogen and oxygen atoms in total. The summed E-state index contributed by atoms with van der Waals surface area (Å²) >= 11 is 0. The Kier molecular flexibility index (Phi) is 3.57. The number of rotatable bonds is 2. The van der Waals surface area contributed by atoms with E-state index in [4.69, 9.17) is 5.11 Å². The lowest BCUT2D eigenvalue weighted by Crippen LogP contribution is -2.56. The van der Waals surface area contributed by atoms with Gasteiger partial charge in [0.1, 0.15) is 11.9 Å². The maximum absolute atomic E-state index is 13.1. The molecule has 1 aliphatic heterocycles. The summed E-state index contributed by atoms with van der Waals surface area (Å²) in [7, 11) is 0. The van der Waals surface area contributed by atoms with Crippen molar-refractivity contribution in [1.29, 1.82) is 0 Å². The summed E-state index contributed by atoms with van der Waals surface area (Å²) < 4.78 is 13.1.